The highest BCUT2D eigenvalue weighted by Crippen LogP contribution is 2.38. The molecule has 1 aromatic carbocycles. The standard InChI is InChI=1S/C21H28ClN3O4.HI/c1-4-23-20(25-13-21(3,26)18-6-5-14(2)29-18)24-8-7-15-11-16(22)19-17(12-15)27-9-10-28-19;/h5-6,11-12,26H,4,7-10,13H2,1-3H3,(H2,23,24,25);1H. The van der Waals surface area contributed by atoms with E-state index in [0.717, 1.165) is 17.7 Å². The van der Waals surface area contributed by atoms with Crippen molar-refractivity contribution < 1.29 is 19.0 Å². The zero-order valence-corrected chi connectivity index (χ0v) is 20.5. The Morgan fingerprint density at radius 3 is 2.70 bits per heavy atom. The quantitative estimate of drug-likeness (QED) is 0.278. The van der Waals surface area contributed by atoms with E-state index in [1.54, 1.807) is 13.0 Å². The van der Waals surface area contributed by atoms with Gasteiger partial charge in [-0.3, -0.25) is 0 Å². The molecule has 1 aromatic heterocycles. The molecule has 30 heavy (non-hydrogen) atoms. The molecule has 2 aromatic rings. The zero-order chi connectivity index (χ0) is 20.9. The van der Waals surface area contributed by atoms with Gasteiger partial charge in [-0.2, -0.15) is 0 Å². The van der Waals surface area contributed by atoms with Crippen molar-refractivity contribution in [3.8, 4) is 11.5 Å². The number of benzene rings is 1. The molecule has 0 aliphatic carbocycles. The van der Waals surface area contributed by atoms with Crippen LogP contribution in [0.3, 0.4) is 0 Å². The van der Waals surface area contributed by atoms with E-state index in [1.165, 1.54) is 0 Å². The number of hydrogen-bond donors (Lipinski definition) is 3. The predicted octanol–water partition coefficient (Wildman–Crippen LogP) is 3.64. The first-order chi connectivity index (χ1) is 13.9. The summed E-state index contributed by atoms with van der Waals surface area (Å²) in [6.07, 6.45) is 0.731. The maximum Gasteiger partial charge on any atom is 0.191 e. The molecule has 1 atom stereocenters. The summed E-state index contributed by atoms with van der Waals surface area (Å²) in [4.78, 5) is 4.50. The lowest BCUT2D eigenvalue weighted by atomic mass is 10.0. The number of furan rings is 1. The molecule has 3 N–H and O–H groups in total. The lowest BCUT2D eigenvalue weighted by Crippen LogP contribution is -2.39. The minimum atomic E-state index is -1.18. The third kappa shape index (κ3) is 6.42. The number of halogens is 2. The number of rotatable bonds is 7. The number of ether oxygens (including phenoxy) is 2. The van der Waals surface area contributed by atoms with E-state index in [-0.39, 0.29) is 30.5 Å². The smallest absolute Gasteiger partial charge is 0.191 e. The van der Waals surface area contributed by atoms with Crippen molar-refractivity contribution in [3.05, 3.63) is 46.4 Å². The summed E-state index contributed by atoms with van der Waals surface area (Å²) in [6.45, 7) is 8.09. The highest BCUT2D eigenvalue weighted by molar-refractivity contribution is 14.0. The van der Waals surface area contributed by atoms with Gasteiger partial charge in [-0.1, -0.05) is 11.6 Å². The SMILES string of the molecule is CCNC(=NCC(C)(O)c1ccc(C)o1)NCCc1cc(Cl)c2c(c1)OCCO2.I. The van der Waals surface area contributed by atoms with Crippen LogP contribution in [0.15, 0.2) is 33.7 Å². The number of aliphatic hydroxyl groups is 1. The highest BCUT2D eigenvalue weighted by Gasteiger charge is 2.26. The van der Waals surface area contributed by atoms with E-state index in [1.807, 2.05) is 32.0 Å². The van der Waals surface area contributed by atoms with E-state index in [0.29, 0.717) is 54.5 Å². The second-order valence-electron chi connectivity index (χ2n) is 7.16. The number of nitrogens with zero attached hydrogens (tertiary/aromatic N) is 1. The van der Waals surface area contributed by atoms with Crippen molar-refractivity contribution in [1.29, 1.82) is 0 Å². The van der Waals surface area contributed by atoms with Gasteiger partial charge in [0.25, 0.3) is 0 Å². The number of guanidine groups is 1. The monoisotopic (exact) mass is 549 g/mol. The van der Waals surface area contributed by atoms with Gasteiger partial charge in [-0.25, -0.2) is 4.99 Å². The second-order valence-corrected chi connectivity index (χ2v) is 7.57. The predicted molar refractivity (Wildman–Crippen MR) is 129 cm³/mol. The van der Waals surface area contributed by atoms with Gasteiger partial charge in [0.15, 0.2) is 17.5 Å². The first-order valence-electron chi connectivity index (χ1n) is 9.78. The number of fused-ring (bicyclic) bond motifs is 1. The number of hydrogen-bond acceptors (Lipinski definition) is 5. The Hall–Kier alpha value is -1.65. The Bertz CT molecular complexity index is 870. The lowest BCUT2D eigenvalue weighted by molar-refractivity contribution is 0.0428. The lowest BCUT2D eigenvalue weighted by Gasteiger charge is -2.21. The molecule has 7 nitrogen and oxygen atoms in total. The van der Waals surface area contributed by atoms with Gasteiger partial charge in [-0.05, 0) is 57.0 Å². The van der Waals surface area contributed by atoms with Crippen LogP contribution >= 0.6 is 35.6 Å². The Morgan fingerprint density at radius 1 is 1.23 bits per heavy atom. The minimum Gasteiger partial charge on any atom is -0.486 e. The van der Waals surface area contributed by atoms with Crippen LogP contribution in [-0.4, -0.2) is 43.9 Å². The van der Waals surface area contributed by atoms with E-state index >= 15 is 0 Å². The largest absolute Gasteiger partial charge is 0.486 e. The maximum absolute atomic E-state index is 10.7. The van der Waals surface area contributed by atoms with Crippen molar-refractivity contribution in [2.45, 2.75) is 32.8 Å². The van der Waals surface area contributed by atoms with Gasteiger partial charge in [0.1, 0.15) is 30.3 Å². The molecule has 1 unspecified atom stereocenters. The third-order valence-corrected chi connectivity index (χ3v) is 4.80. The van der Waals surface area contributed by atoms with Crippen molar-refractivity contribution in [2.75, 3.05) is 32.8 Å². The molecule has 0 fully saturated rings. The van der Waals surface area contributed by atoms with Crippen LogP contribution < -0.4 is 20.1 Å². The van der Waals surface area contributed by atoms with Crippen LogP contribution in [0, 0.1) is 6.92 Å². The van der Waals surface area contributed by atoms with Gasteiger partial charge in [-0.15, -0.1) is 24.0 Å². The van der Waals surface area contributed by atoms with Gasteiger partial charge >= 0.3 is 0 Å². The van der Waals surface area contributed by atoms with Crippen molar-refractivity contribution >= 4 is 41.5 Å². The van der Waals surface area contributed by atoms with Crippen LogP contribution in [-0.2, 0) is 12.0 Å². The molecule has 3 rings (SSSR count). The molecule has 0 radical (unpaired) electrons. The van der Waals surface area contributed by atoms with Gasteiger partial charge in [0, 0.05) is 13.1 Å². The molecule has 1 aliphatic rings. The van der Waals surface area contributed by atoms with Crippen LogP contribution in [0.4, 0.5) is 0 Å². The van der Waals surface area contributed by atoms with Crippen LogP contribution in [0.25, 0.3) is 0 Å². The fourth-order valence-electron chi connectivity index (χ4n) is 3.01. The first kappa shape index (κ1) is 24.6. The molecule has 9 heteroatoms. The molecule has 0 spiro atoms. The molecule has 0 amide bonds. The topological polar surface area (TPSA) is 88.3 Å². The van der Waals surface area contributed by atoms with Crippen LogP contribution in [0.5, 0.6) is 11.5 Å². The Morgan fingerprint density at radius 2 is 2.00 bits per heavy atom. The summed E-state index contributed by atoms with van der Waals surface area (Å²) in [5, 5.41) is 17.7. The van der Waals surface area contributed by atoms with Crippen LogP contribution in [0.2, 0.25) is 5.02 Å². The van der Waals surface area contributed by atoms with Crippen molar-refractivity contribution in [2.24, 2.45) is 4.99 Å². The molecule has 2 heterocycles. The molecular weight excluding hydrogens is 521 g/mol. The van der Waals surface area contributed by atoms with Gasteiger partial charge in [0.2, 0.25) is 0 Å². The van der Waals surface area contributed by atoms with E-state index in [9.17, 15) is 5.11 Å². The summed E-state index contributed by atoms with van der Waals surface area (Å²) < 4.78 is 16.7. The maximum atomic E-state index is 10.7. The Balaban J connectivity index is 0.00000320. The molecule has 0 bridgehead atoms. The van der Waals surface area contributed by atoms with Crippen LogP contribution in [0.1, 0.15) is 30.9 Å². The van der Waals surface area contributed by atoms with E-state index in [4.69, 9.17) is 25.5 Å². The van der Waals surface area contributed by atoms with Gasteiger partial charge < -0.3 is 29.6 Å². The Labute approximate surface area is 199 Å². The molecule has 0 saturated carbocycles. The second kappa shape index (κ2) is 11.1. The number of nitrogens with one attached hydrogen (secondary N) is 2. The fraction of sp³-hybridized carbons (Fsp3) is 0.476. The third-order valence-electron chi connectivity index (χ3n) is 4.52. The number of aliphatic imine (C=N–C) groups is 1. The highest BCUT2D eigenvalue weighted by atomic mass is 127. The average molecular weight is 550 g/mol. The first-order valence-corrected chi connectivity index (χ1v) is 10.2. The van der Waals surface area contributed by atoms with Crippen molar-refractivity contribution in [1.82, 2.24) is 10.6 Å². The Kier molecular flexibility index (Phi) is 9.11. The molecule has 0 saturated heterocycles. The van der Waals surface area contributed by atoms with Crippen molar-refractivity contribution in [3.63, 3.8) is 0 Å². The zero-order valence-electron chi connectivity index (χ0n) is 17.5. The van der Waals surface area contributed by atoms with Gasteiger partial charge in [0.05, 0.1) is 11.6 Å². The fourth-order valence-corrected chi connectivity index (χ4v) is 3.30. The summed E-state index contributed by atoms with van der Waals surface area (Å²) >= 11 is 6.30. The summed E-state index contributed by atoms with van der Waals surface area (Å²) in [7, 11) is 0. The summed E-state index contributed by atoms with van der Waals surface area (Å²) in [6, 6.07) is 7.45. The number of aryl methyl sites for hydroxylation is 1. The molecular formula is C21H29ClIN3O4. The molecule has 1 aliphatic heterocycles. The van der Waals surface area contributed by atoms with E-state index in [2.05, 4.69) is 15.6 Å². The average Bonchev–Trinajstić information content (AvgIpc) is 3.14. The van der Waals surface area contributed by atoms with E-state index < -0.39 is 5.60 Å². The minimum absolute atomic E-state index is 0. The molecule has 166 valence electrons. The summed E-state index contributed by atoms with van der Waals surface area (Å²) in [5.74, 6) is 3.18. The summed E-state index contributed by atoms with van der Waals surface area (Å²) in [5.41, 5.74) is -0.138. The normalized spacial score (nSPS) is 15.2.